The van der Waals surface area contributed by atoms with E-state index in [1.165, 1.54) is 5.56 Å². The Balaban J connectivity index is 2.29. The second-order valence-corrected chi connectivity index (χ2v) is 5.51. The smallest absolute Gasteiger partial charge is 0.282 e. The highest BCUT2D eigenvalue weighted by atomic mass is 35.5. The molecule has 1 unspecified atom stereocenters. The van der Waals surface area contributed by atoms with Gasteiger partial charge in [0.25, 0.3) is 5.91 Å². The van der Waals surface area contributed by atoms with Gasteiger partial charge in [0.15, 0.2) is 0 Å². The van der Waals surface area contributed by atoms with Crippen LogP contribution >= 0.6 is 11.8 Å². The highest BCUT2D eigenvalue weighted by Crippen LogP contribution is 2.29. The van der Waals surface area contributed by atoms with E-state index in [-0.39, 0.29) is 0 Å². The lowest BCUT2D eigenvalue weighted by atomic mass is 9.95. The molecule has 0 aliphatic rings. The molecule has 116 valence electrons. The third kappa shape index (κ3) is 3.60. The summed E-state index contributed by atoms with van der Waals surface area (Å²) in [5.41, 5.74) is 0.804. The normalized spacial score (nSPS) is 13.2. The second kappa shape index (κ2) is 7.32. The lowest BCUT2D eigenvalue weighted by Gasteiger charge is -2.29. The van der Waals surface area contributed by atoms with E-state index in [2.05, 4.69) is 11.8 Å². The zero-order valence-corrected chi connectivity index (χ0v) is 13.6. The van der Waals surface area contributed by atoms with Crippen molar-refractivity contribution in [3.8, 4) is 5.75 Å². The van der Waals surface area contributed by atoms with Crippen molar-refractivity contribution in [1.29, 1.82) is 0 Å². The molecular weight excluding hydrogens is 298 g/mol. The zero-order chi connectivity index (χ0) is 16.0. The Morgan fingerprint density at radius 1 is 1.14 bits per heavy atom. The number of amides is 1. The van der Waals surface area contributed by atoms with Gasteiger partial charge in [-0.3, -0.25) is 9.63 Å². The summed E-state index contributed by atoms with van der Waals surface area (Å²) in [5.74, 6) is 0.226. The van der Waals surface area contributed by atoms with Crippen LogP contribution in [0.5, 0.6) is 5.75 Å². The number of carbonyl (C=O) groups excluding carboxylic acids is 1. The average Bonchev–Trinajstić information content (AvgIpc) is 2.57. The molecule has 3 nitrogen and oxygen atoms in total. The van der Waals surface area contributed by atoms with Gasteiger partial charge in [-0.2, -0.15) is 0 Å². The van der Waals surface area contributed by atoms with E-state index in [9.17, 15) is 4.79 Å². The second-order valence-electron chi connectivity index (χ2n) is 5.32. The third-order valence-electron chi connectivity index (χ3n) is 3.63. The summed E-state index contributed by atoms with van der Waals surface area (Å²) >= 11 is 5.54. The number of ether oxygens (including phenoxy) is 1. The fourth-order valence-corrected chi connectivity index (χ4v) is 2.51. The molecule has 2 rings (SSSR count). The van der Waals surface area contributed by atoms with Crippen molar-refractivity contribution in [2.75, 3.05) is 0 Å². The molecule has 0 aliphatic heterocycles. The number of carbonyl (C=O) groups is 1. The third-order valence-corrected chi connectivity index (χ3v) is 3.80. The summed E-state index contributed by atoms with van der Waals surface area (Å²) in [6.07, 6.45) is 2.12. The molecule has 22 heavy (non-hydrogen) atoms. The summed E-state index contributed by atoms with van der Waals surface area (Å²) in [4.78, 5) is 14.4. The van der Waals surface area contributed by atoms with Gasteiger partial charge in [-0.05, 0) is 31.0 Å². The zero-order valence-electron chi connectivity index (χ0n) is 12.8. The first-order valence-corrected chi connectivity index (χ1v) is 7.72. The Bertz CT molecular complexity index is 613. The van der Waals surface area contributed by atoms with E-state index in [0.29, 0.717) is 5.75 Å². The number of halogens is 1. The molecule has 0 heterocycles. The maximum atomic E-state index is 12.2. The Kier molecular flexibility index (Phi) is 5.45. The number of aryl methyl sites for hydroxylation is 1. The predicted octanol–water partition coefficient (Wildman–Crippen LogP) is 4.20. The standard InChI is InChI=1S/C18H20ClNO2/c1-3-7-14-10-12-16(13-11-14)22-18(2,17(21)20-19)15-8-5-4-6-9-15/h4-6,8-13H,3,7H2,1-2H3,(H,20,21). The highest BCUT2D eigenvalue weighted by Gasteiger charge is 2.37. The van der Waals surface area contributed by atoms with Crippen LogP contribution in [-0.4, -0.2) is 5.91 Å². The number of benzene rings is 2. The van der Waals surface area contributed by atoms with E-state index in [1.54, 1.807) is 6.92 Å². The van der Waals surface area contributed by atoms with Crippen LogP contribution in [0.25, 0.3) is 0 Å². The number of hydrogen-bond acceptors (Lipinski definition) is 2. The monoisotopic (exact) mass is 317 g/mol. The maximum absolute atomic E-state index is 12.2. The molecule has 0 radical (unpaired) electrons. The van der Waals surface area contributed by atoms with Crippen molar-refractivity contribution >= 4 is 17.7 Å². The molecule has 0 spiro atoms. The Morgan fingerprint density at radius 3 is 2.32 bits per heavy atom. The van der Waals surface area contributed by atoms with Crippen molar-refractivity contribution in [3.05, 3.63) is 65.7 Å². The van der Waals surface area contributed by atoms with Crippen LogP contribution in [0.2, 0.25) is 0 Å². The summed E-state index contributed by atoms with van der Waals surface area (Å²) < 4.78 is 5.98. The van der Waals surface area contributed by atoms with E-state index >= 15 is 0 Å². The SMILES string of the molecule is CCCc1ccc(OC(C)(C(=O)NCl)c2ccccc2)cc1. The molecule has 0 bridgehead atoms. The minimum Gasteiger partial charge on any atom is -0.473 e. The molecule has 0 aliphatic carbocycles. The minimum atomic E-state index is -1.19. The molecule has 0 saturated carbocycles. The molecule has 1 N–H and O–H groups in total. The van der Waals surface area contributed by atoms with Gasteiger partial charge in [0.05, 0.1) is 0 Å². The van der Waals surface area contributed by atoms with Crippen LogP contribution in [0, 0.1) is 0 Å². The van der Waals surface area contributed by atoms with Gasteiger partial charge in [0, 0.05) is 17.3 Å². The first-order chi connectivity index (χ1) is 10.6. The summed E-state index contributed by atoms with van der Waals surface area (Å²) in [6, 6.07) is 17.1. The van der Waals surface area contributed by atoms with E-state index in [0.717, 1.165) is 18.4 Å². The van der Waals surface area contributed by atoms with Gasteiger partial charge in [-0.15, -0.1) is 0 Å². The number of hydrogen-bond donors (Lipinski definition) is 1. The fourth-order valence-electron chi connectivity index (χ4n) is 2.33. The Hall–Kier alpha value is -2.00. The van der Waals surface area contributed by atoms with Gasteiger partial charge in [-0.1, -0.05) is 55.8 Å². The topological polar surface area (TPSA) is 38.3 Å². The van der Waals surface area contributed by atoms with Crippen molar-refractivity contribution in [3.63, 3.8) is 0 Å². The van der Waals surface area contributed by atoms with Crippen LogP contribution in [0.1, 0.15) is 31.4 Å². The van der Waals surface area contributed by atoms with Gasteiger partial charge < -0.3 is 4.74 Å². The number of nitrogens with one attached hydrogen (secondary N) is 1. The summed E-state index contributed by atoms with van der Waals surface area (Å²) in [6.45, 7) is 3.85. The Morgan fingerprint density at radius 2 is 1.77 bits per heavy atom. The summed E-state index contributed by atoms with van der Waals surface area (Å²) in [7, 11) is 0. The highest BCUT2D eigenvalue weighted by molar-refractivity contribution is 6.22. The number of rotatable bonds is 6. The first kappa shape index (κ1) is 16.4. The van der Waals surface area contributed by atoms with Gasteiger partial charge >= 0.3 is 0 Å². The van der Waals surface area contributed by atoms with E-state index < -0.39 is 11.5 Å². The lowest BCUT2D eigenvalue weighted by Crippen LogP contribution is -2.43. The molecule has 2 aromatic carbocycles. The molecule has 0 aromatic heterocycles. The van der Waals surface area contributed by atoms with Gasteiger partial charge in [0.1, 0.15) is 5.75 Å². The first-order valence-electron chi connectivity index (χ1n) is 7.34. The van der Waals surface area contributed by atoms with Crippen LogP contribution in [0.3, 0.4) is 0 Å². The maximum Gasteiger partial charge on any atom is 0.282 e. The molecule has 2 aromatic rings. The molecule has 4 heteroatoms. The average molecular weight is 318 g/mol. The van der Waals surface area contributed by atoms with Crippen LogP contribution < -0.4 is 9.57 Å². The van der Waals surface area contributed by atoms with Gasteiger partial charge in [0.2, 0.25) is 5.60 Å². The molecule has 0 saturated heterocycles. The van der Waals surface area contributed by atoms with Crippen LogP contribution in [-0.2, 0) is 16.8 Å². The van der Waals surface area contributed by atoms with E-state index in [1.807, 2.05) is 54.6 Å². The molecule has 1 amide bonds. The summed E-state index contributed by atoms with van der Waals surface area (Å²) in [5, 5.41) is 0. The molecule has 1 atom stereocenters. The Labute approximate surface area is 136 Å². The van der Waals surface area contributed by atoms with Crippen molar-refractivity contribution < 1.29 is 9.53 Å². The molecular formula is C18H20ClNO2. The van der Waals surface area contributed by atoms with Crippen LogP contribution in [0.15, 0.2) is 54.6 Å². The van der Waals surface area contributed by atoms with Gasteiger partial charge in [-0.25, -0.2) is 0 Å². The van der Waals surface area contributed by atoms with E-state index in [4.69, 9.17) is 16.5 Å². The van der Waals surface area contributed by atoms with Crippen molar-refractivity contribution in [2.45, 2.75) is 32.3 Å². The fraction of sp³-hybridized carbons (Fsp3) is 0.278. The van der Waals surface area contributed by atoms with Crippen LogP contribution in [0.4, 0.5) is 0 Å². The van der Waals surface area contributed by atoms with Crippen molar-refractivity contribution in [2.24, 2.45) is 0 Å². The predicted molar refractivity (Wildman–Crippen MR) is 88.9 cm³/mol. The minimum absolute atomic E-state index is 0.405. The van der Waals surface area contributed by atoms with Crippen molar-refractivity contribution in [1.82, 2.24) is 4.84 Å². The molecule has 0 fully saturated rings. The lowest BCUT2D eigenvalue weighted by molar-refractivity contribution is -0.134. The largest absolute Gasteiger partial charge is 0.473 e. The quantitative estimate of drug-likeness (QED) is 0.811.